The second-order valence-electron chi connectivity index (χ2n) is 13.8. The van der Waals surface area contributed by atoms with Crippen molar-refractivity contribution in [2.75, 3.05) is 46.3 Å². The summed E-state index contributed by atoms with van der Waals surface area (Å²) in [6.07, 6.45) is 1.09. The number of carbonyl (C=O) groups excluding carboxylic acids is 6. The lowest BCUT2D eigenvalue weighted by Crippen LogP contribution is -2.53. The number of rotatable bonds is 19. The molecule has 262 valence electrons. The third-order valence-electron chi connectivity index (χ3n) is 9.23. The van der Waals surface area contributed by atoms with Crippen molar-refractivity contribution in [2.45, 2.75) is 65.8 Å². The minimum atomic E-state index is -1.12. The van der Waals surface area contributed by atoms with Gasteiger partial charge in [0.2, 0.25) is 17.6 Å². The minimum Gasteiger partial charge on any atom is -0.369 e. The molecule has 1 saturated heterocycles. The van der Waals surface area contributed by atoms with Crippen LogP contribution in [0.1, 0.15) is 58.9 Å². The zero-order chi connectivity index (χ0) is 35.4. The Morgan fingerprint density at radius 1 is 0.854 bits per heavy atom. The molecule has 0 spiro atoms. The molecule has 3 rings (SSSR count). The van der Waals surface area contributed by atoms with Gasteiger partial charge in [-0.1, -0.05) is 76.6 Å². The monoisotopic (exact) mass is 663 g/mol. The van der Waals surface area contributed by atoms with Crippen molar-refractivity contribution in [3.63, 3.8) is 0 Å². The molecular formula is C37H53N5O6. The first kappa shape index (κ1) is 38.5. The number of carbonyl (C=O) groups is 6. The van der Waals surface area contributed by atoms with Crippen molar-refractivity contribution in [2.24, 2.45) is 29.4 Å². The average molecular weight is 664 g/mol. The van der Waals surface area contributed by atoms with Crippen LogP contribution in [0.3, 0.4) is 0 Å². The second kappa shape index (κ2) is 18.5. The zero-order valence-electron chi connectivity index (χ0n) is 29.1. The number of Topliss-reactive ketones (excluding diaryl/α,β-unsaturated/α-hetero) is 3. The van der Waals surface area contributed by atoms with Crippen LogP contribution in [0.4, 0.5) is 0 Å². The predicted molar refractivity (Wildman–Crippen MR) is 186 cm³/mol. The van der Waals surface area contributed by atoms with E-state index in [4.69, 9.17) is 5.73 Å². The van der Waals surface area contributed by atoms with Gasteiger partial charge < -0.3 is 21.3 Å². The molecule has 0 aliphatic carbocycles. The maximum atomic E-state index is 13.5. The van der Waals surface area contributed by atoms with Crippen molar-refractivity contribution in [1.29, 1.82) is 0 Å². The number of nitrogens with one attached hydrogen (secondary N) is 2. The number of likely N-dealkylation sites (N-methyl/N-ethyl adjacent to an activating group) is 1. The van der Waals surface area contributed by atoms with Crippen LogP contribution in [0, 0.1) is 23.7 Å². The number of nitrogens with two attached hydrogens (primary N) is 1. The van der Waals surface area contributed by atoms with Crippen LogP contribution in [-0.2, 0) is 35.2 Å². The Kier molecular flexibility index (Phi) is 14.9. The van der Waals surface area contributed by atoms with Gasteiger partial charge in [0, 0.05) is 50.9 Å². The van der Waals surface area contributed by atoms with Crippen molar-refractivity contribution in [3.8, 4) is 0 Å². The fourth-order valence-electron chi connectivity index (χ4n) is 6.10. The van der Waals surface area contributed by atoms with Crippen LogP contribution < -0.4 is 16.4 Å². The number of ketones is 3. The van der Waals surface area contributed by atoms with Gasteiger partial charge in [-0.05, 0) is 48.1 Å². The average Bonchev–Trinajstić information content (AvgIpc) is 3.05. The van der Waals surface area contributed by atoms with Gasteiger partial charge in [-0.15, -0.1) is 0 Å². The summed E-state index contributed by atoms with van der Waals surface area (Å²) in [5, 5.41) is 7.22. The van der Waals surface area contributed by atoms with E-state index < -0.39 is 53.7 Å². The molecule has 0 radical (unpaired) electrons. The molecule has 11 nitrogen and oxygen atoms in total. The van der Waals surface area contributed by atoms with E-state index in [1.54, 1.807) is 6.92 Å². The van der Waals surface area contributed by atoms with Crippen molar-refractivity contribution in [3.05, 3.63) is 48.0 Å². The van der Waals surface area contributed by atoms with Crippen molar-refractivity contribution >= 4 is 45.8 Å². The van der Waals surface area contributed by atoms with E-state index in [1.165, 1.54) is 0 Å². The number of hydrogen-bond donors (Lipinski definition) is 3. The molecule has 1 aliphatic heterocycles. The first-order chi connectivity index (χ1) is 22.8. The number of piperazine rings is 1. The maximum Gasteiger partial charge on any atom is 0.289 e. The van der Waals surface area contributed by atoms with Gasteiger partial charge in [-0.3, -0.25) is 33.7 Å². The number of fused-ring (bicyclic) bond motifs is 1. The largest absolute Gasteiger partial charge is 0.369 e. The quantitative estimate of drug-likeness (QED) is 0.194. The Morgan fingerprint density at radius 3 is 2.12 bits per heavy atom. The molecule has 1 unspecified atom stereocenters. The molecule has 1 aliphatic rings. The Morgan fingerprint density at radius 2 is 1.50 bits per heavy atom. The van der Waals surface area contributed by atoms with Crippen molar-refractivity contribution in [1.82, 2.24) is 20.4 Å². The Bertz CT molecular complexity index is 1450. The Balaban J connectivity index is 1.58. The molecular weight excluding hydrogens is 610 g/mol. The lowest BCUT2D eigenvalue weighted by atomic mass is 9.89. The highest BCUT2D eigenvalue weighted by atomic mass is 16.2. The summed E-state index contributed by atoms with van der Waals surface area (Å²) in [5.41, 5.74) is 6.48. The van der Waals surface area contributed by atoms with E-state index in [2.05, 4.69) is 20.4 Å². The minimum absolute atomic E-state index is 0.0297. The summed E-state index contributed by atoms with van der Waals surface area (Å²) in [6.45, 7) is 10.7. The van der Waals surface area contributed by atoms with E-state index >= 15 is 0 Å². The van der Waals surface area contributed by atoms with Crippen LogP contribution in [0.5, 0.6) is 0 Å². The zero-order valence-corrected chi connectivity index (χ0v) is 29.1. The fraction of sp³-hybridized carbons (Fsp3) is 0.568. The summed E-state index contributed by atoms with van der Waals surface area (Å²) in [4.78, 5) is 82.2. The maximum absolute atomic E-state index is 13.5. The highest BCUT2D eigenvalue weighted by molar-refractivity contribution is 6.38. The third kappa shape index (κ3) is 11.9. The van der Waals surface area contributed by atoms with Crippen LogP contribution in [0.2, 0.25) is 0 Å². The topological polar surface area (TPSA) is 159 Å². The smallest absolute Gasteiger partial charge is 0.289 e. The predicted octanol–water partition coefficient (Wildman–Crippen LogP) is 2.53. The number of amides is 3. The van der Waals surface area contributed by atoms with Gasteiger partial charge in [0.1, 0.15) is 5.78 Å². The summed E-state index contributed by atoms with van der Waals surface area (Å²) in [5.74, 6) is -5.05. The van der Waals surface area contributed by atoms with Crippen LogP contribution in [0.15, 0.2) is 42.5 Å². The number of hydrogen-bond acceptors (Lipinski definition) is 8. The van der Waals surface area contributed by atoms with Gasteiger partial charge in [0.15, 0.2) is 5.78 Å². The van der Waals surface area contributed by atoms with Crippen LogP contribution in [-0.4, -0.2) is 97.2 Å². The van der Waals surface area contributed by atoms with E-state index in [-0.39, 0.29) is 43.4 Å². The van der Waals surface area contributed by atoms with Crippen LogP contribution in [0.25, 0.3) is 10.8 Å². The summed E-state index contributed by atoms with van der Waals surface area (Å²) < 4.78 is 0. The number of benzene rings is 2. The first-order valence-electron chi connectivity index (χ1n) is 17.1. The fourth-order valence-corrected chi connectivity index (χ4v) is 6.10. The van der Waals surface area contributed by atoms with Gasteiger partial charge in [-0.2, -0.15) is 0 Å². The highest BCUT2D eigenvalue weighted by Gasteiger charge is 2.34. The van der Waals surface area contributed by atoms with E-state index in [0.29, 0.717) is 12.8 Å². The molecule has 1 heterocycles. The number of nitrogens with zero attached hydrogens (tertiary/aromatic N) is 2. The molecule has 4 N–H and O–H groups in total. The standard InChI is InChI=1S/C37H53N5O6/c1-6-25(4)33(40-36(47)30(17-24(2)3)21-32(44)23-42-15-13-41(5)14-16-42)34(45)37(48)39-22-31(43)20-29(35(38)46)19-26-11-12-27-9-7-8-10-28(27)18-26/h7-12,18,24-25,29-30,33H,6,13-17,19-23H2,1-5H3,(H2,38,46)(H,39,48)(H,40,47)/t25-,29+,30+,33?/m0/s1. The number of primary amides is 1. The third-order valence-corrected chi connectivity index (χ3v) is 9.23. The second-order valence-corrected chi connectivity index (χ2v) is 13.8. The molecule has 0 saturated carbocycles. The molecule has 4 atom stereocenters. The normalized spacial score (nSPS) is 16.5. The van der Waals surface area contributed by atoms with Gasteiger partial charge in [0.05, 0.1) is 19.1 Å². The van der Waals surface area contributed by atoms with Crippen molar-refractivity contribution < 1.29 is 28.8 Å². The van der Waals surface area contributed by atoms with Crippen LogP contribution >= 0.6 is 0 Å². The SMILES string of the molecule is CC[C@H](C)C(NC(=O)[C@@H](CC(=O)CN1CCN(C)CC1)CC(C)C)C(=O)C(=O)NCC(=O)C[C@@H](Cc1ccc2ccccc2c1)C(N)=O. The Labute approximate surface area is 284 Å². The van der Waals surface area contributed by atoms with E-state index in [9.17, 15) is 28.8 Å². The molecule has 3 amide bonds. The van der Waals surface area contributed by atoms with Gasteiger partial charge >= 0.3 is 0 Å². The summed E-state index contributed by atoms with van der Waals surface area (Å²) >= 11 is 0. The first-order valence-corrected chi connectivity index (χ1v) is 17.1. The lowest BCUT2D eigenvalue weighted by molar-refractivity contribution is -0.142. The summed E-state index contributed by atoms with van der Waals surface area (Å²) in [7, 11) is 2.04. The van der Waals surface area contributed by atoms with E-state index in [0.717, 1.165) is 42.5 Å². The molecule has 0 aromatic heterocycles. The molecule has 48 heavy (non-hydrogen) atoms. The highest BCUT2D eigenvalue weighted by Crippen LogP contribution is 2.21. The Hall–Kier alpha value is -3.96. The molecule has 11 heteroatoms. The molecule has 1 fully saturated rings. The van der Waals surface area contributed by atoms with E-state index in [1.807, 2.05) is 70.3 Å². The van der Waals surface area contributed by atoms with Gasteiger partial charge in [0.25, 0.3) is 5.91 Å². The molecule has 2 aromatic rings. The lowest BCUT2D eigenvalue weighted by Gasteiger charge is -2.32. The molecule has 0 bridgehead atoms. The van der Waals surface area contributed by atoms with Gasteiger partial charge in [-0.25, -0.2) is 0 Å². The molecule has 2 aromatic carbocycles. The summed E-state index contributed by atoms with van der Waals surface area (Å²) in [6, 6.07) is 12.5.